The van der Waals surface area contributed by atoms with Gasteiger partial charge in [-0.3, -0.25) is 0 Å². The van der Waals surface area contributed by atoms with Gasteiger partial charge in [0.05, 0.1) is 6.54 Å². The zero-order valence-electron chi connectivity index (χ0n) is 14.7. The molecule has 2 aromatic heterocycles. The van der Waals surface area contributed by atoms with Gasteiger partial charge in [-0.2, -0.15) is 0 Å². The lowest BCUT2D eigenvalue weighted by Gasteiger charge is -2.23. The molecule has 0 aliphatic rings. The van der Waals surface area contributed by atoms with Crippen LogP contribution in [-0.4, -0.2) is 38.9 Å². The molecule has 3 N–H and O–H groups in total. The summed E-state index contributed by atoms with van der Waals surface area (Å²) in [5.74, 6) is 2.21. The van der Waals surface area contributed by atoms with Crippen LogP contribution in [0.5, 0.6) is 0 Å². The highest BCUT2D eigenvalue weighted by Gasteiger charge is 2.24. The maximum absolute atomic E-state index is 10.6. The Labute approximate surface area is 169 Å². The Balaban J connectivity index is 0.00000312. The Morgan fingerprint density at radius 2 is 2.24 bits per heavy atom. The molecule has 0 aliphatic carbocycles. The number of aryl methyl sites for hydroxylation is 1. The van der Waals surface area contributed by atoms with E-state index >= 15 is 0 Å². The second-order valence-corrected chi connectivity index (χ2v) is 6.61. The molecular formula is C16H25IN6OS. The minimum Gasteiger partial charge on any atom is -0.383 e. The quantitative estimate of drug-likeness (QED) is 0.246. The van der Waals surface area contributed by atoms with Crippen molar-refractivity contribution in [2.45, 2.75) is 26.0 Å². The number of aromatic nitrogens is 3. The second kappa shape index (κ2) is 9.88. The van der Waals surface area contributed by atoms with Gasteiger partial charge in [0.1, 0.15) is 18.0 Å². The van der Waals surface area contributed by atoms with E-state index < -0.39 is 5.60 Å². The molecule has 2 aromatic rings. The number of halogens is 1. The summed E-state index contributed by atoms with van der Waals surface area (Å²) >= 11 is 1.53. The smallest absolute Gasteiger partial charge is 0.192 e. The number of nitrogens with zero attached hydrogens (tertiary/aromatic N) is 4. The molecule has 0 aliphatic heterocycles. The third-order valence-corrected chi connectivity index (χ3v) is 4.75. The average Bonchev–Trinajstić information content (AvgIpc) is 3.20. The summed E-state index contributed by atoms with van der Waals surface area (Å²) < 4.78 is 1.90. The van der Waals surface area contributed by atoms with Crippen LogP contribution in [0.15, 0.2) is 35.2 Å². The SMILES string of the molecule is C=CCNC(=NCc1nnc(C)n1C)NCC(C)(O)c1cccs1.I. The topological polar surface area (TPSA) is 87.4 Å². The van der Waals surface area contributed by atoms with Crippen LogP contribution >= 0.6 is 35.3 Å². The predicted octanol–water partition coefficient (Wildman–Crippen LogP) is 1.93. The molecule has 0 spiro atoms. The largest absolute Gasteiger partial charge is 0.383 e. The average molecular weight is 476 g/mol. The van der Waals surface area contributed by atoms with Crippen LogP contribution in [0.1, 0.15) is 23.4 Å². The molecule has 7 nitrogen and oxygen atoms in total. The molecule has 2 rings (SSSR count). The maximum atomic E-state index is 10.6. The van der Waals surface area contributed by atoms with E-state index in [9.17, 15) is 5.11 Å². The van der Waals surface area contributed by atoms with E-state index in [1.54, 1.807) is 13.0 Å². The molecule has 0 saturated heterocycles. The van der Waals surface area contributed by atoms with Crippen molar-refractivity contribution in [2.75, 3.05) is 13.1 Å². The first-order valence-electron chi connectivity index (χ1n) is 7.68. The number of hydrogen-bond acceptors (Lipinski definition) is 5. The molecule has 0 bridgehead atoms. The van der Waals surface area contributed by atoms with Gasteiger partial charge in [0, 0.05) is 18.5 Å². The second-order valence-electron chi connectivity index (χ2n) is 5.66. The first-order valence-corrected chi connectivity index (χ1v) is 8.56. The van der Waals surface area contributed by atoms with Crippen molar-refractivity contribution in [3.05, 3.63) is 46.7 Å². The van der Waals surface area contributed by atoms with Gasteiger partial charge < -0.3 is 20.3 Å². The summed E-state index contributed by atoms with van der Waals surface area (Å²) in [5, 5.41) is 27.0. The molecule has 138 valence electrons. The van der Waals surface area contributed by atoms with Crippen molar-refractivity contribution >= 4 is 41.3 Å². The summed E-state index contributed by atoms with van der Waals surface area (Å²) in [6.45, 7) is 8.69. The molecule has 0 saturated carbocycles. The zero-order chi connectivity index (χ0) is 17.6. The molecule has 0 fully saturated rings. The van der Waals surface area contributed by atoms with Crippen molar-refractivity contribution in [2.24, 2.45) is 12.0 Å². The van der Waals surface area contributed by atoms with Crippen LogP contribution in [0, 0.1) is 6.92 Å². The Kier molecular flexibility index (Phi) is 8.53. The van der Waals surface area contributed by atoms with E-state index in [-0.39, 0.29) is 24.0 Å². The number of aliphatic imine (C=N–C) groups is 1. The summed E-state index contributed by atoms with van der Waals surface area (Å²) in [6, 6.07) is 3.85. The van der Waals surface area contributed by atoms with E-state index in [1.165, 1.54) is 11.3 Å². The van der Waals surface area contributed by atoms with Crippen LogP contribution < -0.4 is 10.6 Å². The number of hydrogen-bond donors (Lipinski definition) is 3. The summed E-state index contributed by atoms with van der Waals surface area (Å²) in [4.78, 5) is 5.41. The van der Waals surface area contributed by atoms with Crippen LogP contribution in [0.25, 0.3) is 0 Å². The van der Waals surface area contributed by atoms with Crippen LogP contribution in [0.2, 0.25) is 0 Å². The van der Waals surface area contributed by atoms with Crippen LogP contribution in [-0.2, 0) is 19.2 Å². The summed E-state index contributed by atoms with van der Waals surface area (Å²) in [6.07, 6.45) is 1.75. The Hall–Kier alpha value is -1.46. The monoisotopic (exact) mass is 476 g/mol. The lowest BCUT2D eigenvalue weighted by molar-refractivity contribution is 0.0655. The number of aliphatic hydroxyl groups is 1. The predicted molar refractivity (Wildman–Crippen MR) is 112 cm³/mol. The van der Waals surface area contributed by atoms with Crippen molar-refractivity contribution < 1.29 is 5.11 Å². The van der Waals surface area contributed by atoms with Crippen LogP contribution in [0.4, 0.5) is 0 Å². The fourth-order valence-corrected chi connectivity index (χ4v) is 2.80. The lowest BCUT2D eigenvalue weighted by atomic mass is 10.1. The van der Waals surface area contributed by atoms with Gasteiger partial charge in [0.25, 0.3) is 0 Å². The Bertz CT molecular complexity index is 696. The van der Waals surface area contributed by atoms with E-state index in [4.69, 9.17) is 0 Å². The Morgan fingerprint density at radius 3 is 2.80 bits per heavy atom. The highest BCUT2D eigenvalue weighted by Crippen LogP contribution is 2.24. The number of thiophene rings is 1. The van der Waals surface area contributed by atoms with Crippen molar-refractivity contribution in [1.82, 2.24) is 25.4 Å². The van der Waals surface area contributed by atoms with Gasteiger partial charge in [-0.05, 0) is 25.3 Å². The van der Waals surface area contributed by atoms with Crippen molar-refractivity contribution in [3.8, 4) is 0 Å². The highest BCUT2D eigenvalue weighted by molar-refractivity contribution is 14.0. The van der Waals surface area contributed by atoms with Gasteiger partial charge in [0.15, 0.2) is 11.8 Å². The third kappa shape index (κ3) is 6.08. The van der Waals surface area contributed by atoms with E-state index in [1.807, 2.05) is 36.1 Å². The van der Waals surface area contributed by atoms with Gasteiger partial charge >= 0.3 is 0 Å². The highest BCUT2D eigenvalue weighted by atomic mass is 127. The molecule has 2 heterocycles. The maximum Gasteiger partial charge on any atom is 0.192 e. The summed E-state index contributed by atoms with van der Waals surface area (Å²) in [5.41, 5.74) is -0.966. The van der Waals surface area contributed by atoms with Gasteiger partial charge in [-0.1, -0.05) is 12.1 Å². The number of rotatable bonds is 7. The fourth-order valence-electron chi connectivity index (χ4n) is 2.01. The molecule has 0 radical (unpaired) electrons. The standard InChI is InChI=1S/C16H24N6OS.HI/c1-5-8-17-15(18-10-14-21-20-12(2)22(14)4)19-11-16(3,23)13-7-6-9-24-13;/h5-7,9,23H,1,8,10-11H2,2-4H3,(H2,17,18,19);1H. The summed E-state index contributed by atoms with van der Waals surface area (Å²) in [7, 11) is 1.91. The van der Waals surface area contributed by atoms with Gasteiger partial charge in [-0.25, -0.2) is 4.99 Å². The first kappa shape index (κ1) is 21.6. The Morgan fingerprint density at radius 1 is 1.48 bits per heavy atom. The molecule has 0 aromatic carbocycles. The molecule has 1 unspecified atom stereocenters. The van der Waals surface area contributed by atoms with Crippen molar-refractivity contribution in [1.29, 1.82) is 0 Å². The third-order valence-electron chi connectivity index (χ3n) is 3.63. The molecule has 1 atom stereocenters. The fraction of sp³-hybridized carbons (Fsp3) is 0.438. The molecule has 9 heteroatoms. The van der Waals surface area contributed by atoms with E-state index in [0.29, 0.717) is 25.6 Å². The number of guanidine groups is 1. The number of nitrogens with one attached hydrogen (secondary N) is 2. The van der Waals surface area contributed by atoms with E-state index in [2.05, 4.69) is 32.4 Å². The zero-order valence-corrected chi connectivity index (χ0v) is 17.8. The van der Waals surface area contributed by atoms with Gasteiger partial charge in [-0.15, -0.1) is 52.1 Å². The lowest BCUT2D eigenvalue weighted by Crippen LogP contribution is -2.44. The first-order chi connectivity index (χ1) is 11.4. The normalized spacial score (nSPS) is 13.7. The molecule has 25 heavy (non-hydrogen) atoms. The minimum atomic E-state index is -0.966. The molecular weight excluding hydrogens is 451 g/mol. The van der Waals surface area contributed by atoms with Crippen LogP contribution in [0.3, 0.4) is 0 Å². The van der Waals surface area contributed by atoms with Crippen molar-refractivity contribution in [3.63, 3.8) is 0 Å². The minimum absolute atomic E-state index is 0. The van der Waals surface area contributed by atoms with E-state index in [0.717, 1.165) is 16.5 Å². The molecule has 0 amide bonds. The van der Waals surface area contributed by atoms with Gasteiger partial charge in [0.2, 0.25) is 0 Å².